The molecule has 0 aliphatic heterocycles. The van der Waals surface area contributed by atoms with Crippen LogP contribution in [0.3, 0.4) is 0 Å². The molecule has 1 aliphatic rings. The van der Waals surface area contributed by atoms with Crippen molar-refractivity contribution < 1.29 is 4.74 Å². The first-order valence-corrected chi connectivity index (χ1v) is 8.25. The van der Waals surface area contributed by atoms with E-state index in [9.17, 15) is 0 Å². The van der Waals surface area contributed by atoms with Gasteiger partial charge in [-0.25, -0.2) is 0 Å². The van der Waals surface area contributed by atoms with Crippen molar-refractivity contribution >= 4 is 0 Å². The van der Waals surface area contributed by atoms with Crippen LogP contribution in [0, 0.1) is 5.92 Å². The van der Waals surface area contributed by atoms with E-state index in [1.807, 2.05) is 7.11 Å². The molecular weight excluding hydrogens is 260 g/mol. The molecule has 0 radical (unpaired) electrons. The average molecular weight is 290 g/mol. The maximum absolute atomic E-state index is 5.96. The molecule has 1 aliphatic carbocycles. The lowest BCUT2D eigenvalue weighted by atomic mass is 9.73. The number of rotatable bonds is 7. The van der Waals surface area contributed by atoms with Gasteiger partial charge in [-0.05, 0) is 43.6 Å². The Morgan fingerprint density at radius 3 is 2.76 bits per heavy atom. The van der Waals surface area contributed by atoms with Crippen LogP contribution in [0.2, 0.25) is 0 Å². The lowest BCUT2D eigenvalue weighted by Crippen LogP contribution is -2.56. The summed E-state index contributed by atoms with van der Waals surface area (Å²) in [6.07, 6.45) is 8.09. The third kappa shape index (κ3) is 4.29. The third-order valence-corrected chi connectivity index (χ3v) is 5.03. The van der Waals surface area contributed by atoms with Gasteiger partial charge < -0.3 is 4.74 Å². The fourth-order valence-electron chi connectivity index (χ4n) is 3.84. The minimum absolute atomic E-state index is 0.0803. The highest BCUT2D eigenvalue weighted by Crippen LogP contribution is 2.38. The van der Waals surface area contributed by atoms with Gasteiger partial charge in [0.2, 0.25) is 0 Å². The molecule has 3 nitrogen and oxygen atoms in total. The molecule has 1 fully saturated rings. The van der Waals surface area contributed by atoms with Crippen molar-refractivity contribution in [2.75, 3.05) is 7.11 Å². The molecule has 0 spiro atoms. The predicted molar refractivity (Wildman–Crippen MR) is 87.9 cm³/mol. The summed E-state index contributed by atoms with van der Waals surface area (Å²) in [5.41, 5.74) is 4.36. The number of hydrazine groups is 1. The first-order valence-electron chi connectivity index (χ1n) is 8.25. The molecule has 0 bridgehead atoms. The van der Waals surface area contributed by atoms with Crippen LogP contribution in [0.15, 0.2) is 30.3 Å². The lowest BCUT2D eigenvalue weighted by Gasteiger charge is -2.44. The Bertz CT molecular complexity index is 409. The molecule has 0 saturated heterocycles. The fraction of sp³-hybridized carbons (Fsp3) is 0.667. The van der Waals surface area contributed by atoms with Gasteiger partial charge in [0.1, 0.15) is 0 Å². The van der Waals surface area contributed by atoms with Crippen molar-refractivity contribution in [2.45, 2.75) is 63.5 Å². The minimum atomic E-state index is -0.0803. The zero-order valence-corrected chi connectivity index (χ0v) is 13.5. The van der Waals surface area contributed by atoms with Gasteiger partial charge in [0.15, 0.2) is 0 Å². The largest absolute Gasteiger partial charge is 0.377 e. The van der Waals surface area contributed by atoms with Crippen molar-refractivity contribution in [1.29, 1.82) is 0 Å². The molecule has 1 aromatic carbocycles. The highest BCUT2D eigenvalue weighted by atomic mass is 16.5. The van der Waals surface area contributed by atoms with E-state index in [0.29, 0.717) is 0 Å². The van der Waals surface area contributed by atoms with Crippen molar-refractivity contribution in [3.8, 4) is 0 Å². The Labute approximate surface area is 129 Å². The van der Waals surface area contributed by atoms with Gasteiger partial charge in [-0.1, -0.05) is 50.1 Å². The molecule has 3 N–H and O–H groups in total. The van der Waals surface area contributed by atoms with Crippen LogP contribution in [0.25, 0.3) is 0 Å². The lowest BCUT2D eigenvalue weighted by molar-refractivity contribution is -0.0813. The summed E-state index contributed by atoms with van der Waals surface area (Å²) in [5.74, 6) is 6.58. The Balaban J connectivity index is 1.91. The summed E-state index contributed by atoms with van der Waals surface area (Å²) < 4.78 is 5.96. The second kappa shape index (κ2) is 7.92. The molecule has 1 aromatic rings. The number of hydrogen-bond acceptors (Lipinski definition) is 3. The van der Waals surface area contributed by atoms with Gasteiger partial charge >= 0.3 is 0 Å². The standard InChI is InChI=1S/C18H30N2O/c1-15-8-7-13-18(14-15,21-2)17(20-19)12-6-11-16-9-4-3-5-10-16/h3-5,9-10,15,17,20H,6-8,11-14,19H2,1-2H3. The molecule has 2 rings (SSSR count). The molecule has 118 valence electrons. The van der Waals surface area contributed by atoms with Gasteiger partial charge in [0, 0.05) is 7.11 Å². The monoisotopic (exact) mass is 290 g/mol. The number of methoxy groups -OCH3 is 1. The first-order chi connectivity index (χ1) is 10.2. The Hall–Kier alpha value is -0.900. The normalized spacial score (nSPS) is 27.5. The van der Waals surface area contributed by atoms with Gasteiger partial charge in [-0.15, -0.1) is 0 Å². The molecule has 1 saturated carbocycles. The maximum Gasteiger partial charge on any atom is 0.0846 e. The van der Waals surface area contributed by atoms with E-state index < -0.39 is 0 Å². The van der Waals surface area contributed by atoms with Crippen LogP contribution in [-0.4, -0.2) is 18.8 Å². The highest BCUT2D eigenvalue weighted by Gasteiger charge is 2.41. The van der Waals surface area contributed by atoms with E-state index in [4.69, 9.17) is 10.6 Å². The number of aryl methyl sites for hydroxylation is 1. The smallest absolute Gasteiger partial charge is 0.0846 e. The van der Waals surface area contributed by atoms with Crippen LogP contribution < -0.4 is 11.3 Å². The van der Waals surface area contributed by atoms with Crippen LogP contribution in [0.4, 0.5) is 0 Å². The van der Waals surface area contributed by atoms with Crippen LogP contribution in [-0.2, 0) is 11.2 Å². The summed E-state index contributed by atoms with van der Waals surface area (Å²) in [6.45, 7) is 2.32. The SMILES string of the molecule is COC1(C(CCCc2ccccc2)NN)CCCC(C)C1. The van der Waals surface area contributed by atoms with Crippen LogP contribution in [0.5, 0.6) is 0 Å². The van der Waals surface area contributed by atoms with E-state index in [1.165, 1.54) is 18.4 Å². The Morgan fingerprint density at radius 2 is 2.14 bits per heavy atom. The zero-order chi connectivity index (χ0) is 15.1. The topological polar surface area (TPSA) is 47.3 Å². The third-order valence-electron chi connectivity index (χ3n) is 5.03. The summed E-state index contributed by atoms with van der Waals surface area (Å²) in [6, 6.07) is 10.9. The van der Waals surface area contributed by atoms with E-state index in [-0.39, 0.29) is 11.6 Å². The molecule has 21 heavy (non-hydrogen) atoms. The second-order valence-electron chi connectivity index (χ2n) is 6.57. The maximum atomic E-state index is 5.96. The molecule has 3 unspecified atom stereocenters. The molecule has 3 heteroatoms. The van der Waals surface area contributed by atoms with Crippen LogP contribution >= 0.6 is 0 Å². The average Bonchev–Trinajstić information content (AvgIpc) is 2.52. The Kier molecular flexibility index (Phi) is 6.22. The summed E-state index contributed by atoms with van der Waals surface area (Å²) in [4.78, 5) is 0. The van der Waals surface area contributed by atoms with E-state index in [1.54, 1.807) is 0 Å². The summed E-state index contributed by atoms with van der Waals surface area (Å²) in [5, 5.41) is 0. The van der Waals surface area contributed by atoms with Crippen molar-refractivity contribution in [2.24, 2.45) is 11.8 Å². The van der Waals surface area contributed by atoms with Crippen molar-refractivity contribution in [1.82, 2.24) is 5.43 Å². The molecule has 0 heterocycles. The summed E-state index contributed by atoms with van der Waals surface area (Å²) >= 11 is 0. The van der Waals surface area contributed by atoms with E-state index >= 15 is 0 Å². The number of nitrogens with one attached hydrogen (secondary N) is 1. The molecule has 3 atom stereocenters. The van der Waals surface area contributed by atoms with Crippen molar-refractivity contribution in [3.63, 3.8) is 0 Å². The van der Waals surface area contributed by atoms with E-state index in [0.717, 1.165) is 38.0 Å². The molecular formula is C18H30N2O. The van der Waals surface area contributed by atoms with Gasteiger partial charge in [0.05, 0.1) is 11.6 Å². The zero-order valence-electron chi connectivity index (χ0n) is 13.5. The minimum Gasteiger partial charge on any atom is -0.377 e. The number of benzene rings is 1. The molecule has 0 amide bonds. The van der Waals surface area contributed by atoms with Gasteiger partial charge in [-0.2, -0.15) is 0 Å². The highest BCUT2D eigenvalue weighted by molar-refractivity contribution is 5.14. The van der Waals surface area contributed by atoms with Crippen molar-refractivity contribution in [3.05, 3.63) is 35.9 Å². The molecule has 0 aromatic heterocycles. The van der Waals surface area contributed by atoms with Gasteiger partial charge in [-0.3, -0.25) is 11.3 Å². The summed E-state index contributed by atoms with van der Waals surface area (Å²) in [7, 11) is 1.85. The number of hydrogen-bond donors (Lipinski definition) is 2. The van der Waals surface area contributed by atoms with Crippen LogP contribution in [0.1, 0.15) is 51.0 Å². The predicted octanol–water partition coefficient (Wildman–Crippen LogP) is 3.44. The first kappa shape index (κ1) is 16.5. The fourth-order valence-corrected chi connectivity index (χ4v) is 3.84. The quantitative estimate of drug-likeness (QED) is 0.597. The number of nitrogens with two attached hydrogens (primary N) is 1. The van der Waals surface area contributed by atoms with Gasteiger partial charge in [0.25, 0.3) is 0 Å². The van der Waals surface area contributed by atoms with E-state index in [2.05, 4.69) is 42.7 Å². The Morgan fingerprint density at radius 1 is 1.38 bits per heavy atom. The number of ether oxygens (including phenoxy) is 1. The second-order valence-corrected chi connectivity index (χ2v) is 6.57.